The number of benzene rings is 3. The highest BCUT2D eigenvalue weighted by Crippen LogP contribution is 2.33. The smallest absolute Gasteiger partial charge is 0.248 e. The maximum atomic E-state index is 14.0. The summed E-state index contributed by atoms with van der Waals surface area (Å²) in [6, 6.07) is 14.4. The number of carbonyl (C=O) groups is 1. The number of amides is 1. The van der Waals surface area contributed by atoms with Gasteiger partial charge in [0.2, 0.25) is 11.8 Å². The number of hydrogen-bond donors (Lipinski definition) is 1. The molecule has 0 aliphatic carbocycles. The molecule has 31 heavy (non-hydrogen) atoms. The van der Waals surface area contributed by atoms with Crippen molar-refractivity contribution >= 4 is 52.0 Å². The minimum atomic E-state index is -0.427. The van der Waals surface area contributed by atoms with E-state index in [-0.39, 0.29) is 17.4 Å². The van der Waals surface area contributed by atoms with Crippen molar-refractivity contribution in [2.24, 2.45) is 0 Å². The molecule has 0 aliphatic rings. The Balaban J connectivity index is 1.54. The van der Waals surface area contributed by atoms with Crippen molar-refractivity contribution in [1.82, 2.24) is 4.98 Å². The highest BCUT2D eigenvalue weighted by molar-refractivity contribution is 6.36. The summed E-state index contributed by atoms with van der Waals surface area (Å²) in [5.41, 5.74) is 2.30. The fourth-order valence-corrected chi connectivity index (χ4v) is 3.61. The molecule has 4 rings (SSSR count). The molecule has 0 fully saturated rings. The summed E-state index contributed by atoms with van der Waals surface area (Å²) in [7, 11) is 1.48. The van der Waals surface area contributed by atoms with Crippen molar-refractivity contribution in [3.05, 3.63) is 82.1 Å². The number of oxazole rings is 1. The molecule has 0 unspecified atom stereocenters. The van der Waals surface area contributed by atoms with E-state index in [1.807, 2.05) is 0 Å². The zero-order valence-corrected chi connectivity index (χ0v) is 17.7. The molecule has 0 saturated carbocycles. The lowest BCUT2D eigenvalue weighted by Crippen LogP contribution is -2.07. The van der Waals surface area contributed by atoms with Crippen molar-refractivity contribution < 1.29 is 18.3 Å². The van der Waals surface area contributed by atoms with Crippen LogP contribution in [0.1, 0.15) is 5.56 Å². The predicted octanol–water partition coefficient (Wildman–Crippen LogP) is 6.60. The maximum Gasteiger partial charge on any atom is 0.248 e. The Kier molecular flexibility index (Phi) is 5.93. The molecule has 0 atom stereocenters. The zero-order valence-electron chi connectivity index (χ0n) is 16.2. The quantitative estimate of drug-likeness (QED) is 0.343. The molecule has 1 N–H and O–H groups in total. The van der Waals surface area contributed by atoms with Gasteiger partial charge < -0.3 is 14.5 Å². The van der Waals surface area contributed by atoms with Crippen LogP contribution in [0.4, 0.5) is 10.1 Å². The number of hydrogen-bond acceptors (Lipinski definition) is 4. The fraction of sp³-hybridized carbons (Fsp3) is 0.0435. The molecule has 4 aromatic rings. The van der Waals surface area contributed by atoms with Gasteiger partial charge in [0, 0.05) is 22.3 Å². The molecule has 3 aromatic carbocycles. The van der Waals surface area contributed by atoms with Gasteiger partial charge >= 0.3 is 0 Å². The van der Waals surface area contributed by atoms with Crippen LogP contribution in [0.15, 0.2) is 65.1 Å². The second-order valence-corrected chi connectivity index (χ2v) is 7.36. The van der Waals surface area contributed by atoms with E-state index in [1.165, 1.54) is 19.3 Å². The Morgan fingerprint density at radius 3 is 2.74 bits per heavy atom. The molecule has 1 amide bonds. The van der Waals surface area contributed by atoms with Gasteiger partial charge in [-0.3, -0.25) is 4.79 Å². The molecule has 0 spiro atoms. The number of nitrogens with zero attached hydrogens (tertiary/aromatic N) is 1. The van der Waals surface area contributed by atoms with Crippen LogP contribution in [-0.4, -0.2) is 18.0 Å². The van der Waals surface area contributed by atoms with Crippen molar-refractivity contribution in [3.63, 3.8) is 0 Å². The third-order valence-corrected chi connectivity index (χ3v) is 4.91. The minimum absolute atomic E-state index is 0.168. The van der Waals surface area contributed by atoms with Gasteiger partial charge in [0.15, 0.2) is 5.58 Å². The van der Waals surface area contributed by atoms with E-state index in [0.717, 1.165) is 0 Å². The first kappa shape index (κ1) is 20.9. The number of aromatic nitrogens is 1. The molecule has 1 heterocycles. The maximum absolute atomic E-state index is 14.0. The van der Waals surface area contributed by atoms with Gasteiger partial charge in [0.1, 0.15) is 17.1 Å². The summed E-state index contributed by atoms with van der Waals surface area (Å²) < 4.78 is 24.9. The van der Waals surface area contributed by atoms with Gasteiger partial charge in [0.05, 0.1) is 17.7 Å². The van der Waals surface area contributed by atoms with Crippen LogP contribution in [0.25, 0.3) is 28.6 Å². The number of ether oxygens (including phenoxy) is 1. The Morgan fingerprint density at radius 2 is 1.97 bits per heavy atom. The number of nitrogens with one attached hydrogen (secondary N) is 1. The van der Waals surface area contributed by atoms with E-state index in [0.29, 0.717) is 38.1 Å². The van der Waals surface area contributed by atoms with Crippen LogP contribution in [0, 0.1) is 5.82 Å². The van der Waals surface area contributed by atoms with Crippen LogP contribution >= 0.6 is 23.2 Å². The highest BCUT2D eigenvalue weighted by atomic mass is 35.5. The normalized spacial score (nSPS) is 11.2. The number of halogens is 3. The van der Waals surface area contributed by atoms with E-state index in [4.69, 9.17) is 32.4 Å². The number of anilines is 1. The lowest BCUT2D eigenvalue weighted by molar-refractivity contribution is -0.111. The molecule has 0 saturated heterocycles. The molecule has 0 aliphatic heterocycles. The molecular weight excluding hydrogens is 442 g/mol. The van der Waals surface area contributed by atoms with Crippen LogP contribution in [0.5, 0.6) is 5.75 Å². The largest absolute Gasteiger partial charge is 0.495 e. The Bertz CT molecular complexity index is 1320. The molecule has 0 radical (unpaired) electrons. The summed E-state index contributed by atoms with van der Waals surface area (Å²) in [5.74, 6) is -0.221. The minimum Gasteiger partial charge on any atom is -0.495 e. The van der Waals surface area contributed by atoms with Crippen LogP contribution in [0.2, 0.25) is 10.0 Å². The second kappa shape index (κ2) is 8.79. The standard InChI is InChI=1S/C23H15Cl2FN2O3/c1-30-22-13(10-14(24)11-17(22)25)6-9-21(29)27-15-7-8-20-19(12-15)28-23(31-20)16-4-2-3-5-18(16)26/h2-12H,1H3,(H,27,29). The van der Waals surface area contributed by atoms with Crippen LogP contribution in [-0.2, 0) is 4.79 Å². The van der Waals surface area contributed by atoms with Gasteiger partial charge in [-0.2, -0.15) is 0 Å². The van der Waals surface area contributed by atoms with E-state index in [9.17, 15) is 9.18 Å². The Labute approximate surface area is 187 Å². The van der Waals surface area contributed by atoms with Crippen LogP contribution < -0.4 is 10.1 Å². The average molecular weight is 457 g/mol. The van der Waals surface area contributed by atoms with Gasteiger partial charge in [-0.1, -0.05) is 35.3 Å². The molecule has 8 heteroatoms. The SMILES string of the molecule is COc1c(Cl)cc(Cl)cc1C=CC(=O)Nc1ccc2oc(-c3ccccc3F)nc2c1. The summed E-state index contributed by atoms with van der Waals surface area (Å²) in [6.07, 6.45) is 2.89. The van der Waals surface area contributed by atoms with Crippen molar-refractivity contribution in [2.45, 2.75) is 0 Å². The zero-order chi connectivity index (χ0) is 22.0. The van der Waals surface area contributed by atoms with Gasteiger partial charge in [-0.05, 0) is 48.5 Å². The van der Waals surface area contributed by atoms with Gasteiger partial charge in [0.25, 0.3) is 0 Å². The van der Waals surface area contributed by atoms with Crippen molar-refractivity contribution in [3.8, 4) is 17.2 Å². The van der Waals surface area contributed by atoms with E-state index in [2.05, 4.69) is 10.3 Å². The highest BCUT2D eigenvalue weighted by Gasteiger charge is 2.13. The first-order valence-electron chi connectivity index (χ1n) is 9.12. The summed E-state index contributed by atoms with van der Waals surface area (Å²) >= 11 is 12.1. The number of methoxy groups -OCH3 is 1. The average Bonchev–Trinajstić information content (AvgIpc) is 3.15. The molecule has 5 nitrogen and oxygen atoms in total. The van der Waals surface area contributed by atoms with Gasteiger partial charge in [-0.15, -0.1) is 0 Å². The summed E-state index contributed by atoms with van der Waals surface area (Å²) in [5, 5.41) is 3.51. The fourth-order valence-electron chi connectivity index (χ4n) is 3.02. The van der Waals surface area contributed by atoms with Crippen LogP contribution in [0.3, 0.4) is 0 Å². The predicted molar refractivity (Wildman–Crippen MR) is 120 cm³/mol. The third-order valence-electron chi connectivity index (χ3n) is 4.41. The molecule has 1 aromatic heterocycles. The van der Waals surface area contributed by atoms with Crippen molar-refractivity contribution in [1.29, 1.82) is 0 Å². The number of rotatable bonds is 5. The topological polar surface area (TPSA) is 64.4 Å². The van der Waals surface area contributed by atoms with Gasteiger partial charge in [-0.25, -0.2) is 9.37 Å². The third kappa shape index (κ3) is 4.55. The summed E-state index contributed by atoms with van der Waals surface area (Å²) in [4.78, 5) is 16.7. The van der Waals surface area contributed by atoms with E-state index < -0.39 is 5.82 Å². The first-order chi connectivity index (χ1) is 14.9. The number of fused-ring (bicyclic) bond motifs is 1. The Morgan fingerprint density at radius 1 is 1.16 bits per heavy atom. The molecular formula is C23H15Cl2FN2O3. The molecule has 156 valence electrons. The van der Waals surface area contributed by atoms with Crippen molar-refractivity contribution in [2.75, 3.05) is 12.4 Å². The lowest BCUT2D eigenvalue weighted by atomic mass is 10.2. The molecule has 0 bridgehead atoms. The first-order valence-corrected chi connectivity index (χ1v) is 9.88. The monoisotopic (exact) mass is 456 g/mol. The Hall–Kier alpha value is -3.35. The van der Waals surface area contributed by atoms with E-state index in [1.54, 1.807) is 54.6 Å². The number of carbonyl (C=O) groups excluding carboxylic acids is 1. The lowest BCUT2D eigenvalue weighted by Gasteiger charge is -2.08. The van der Waals surface area contributed by atoms with E-state index >= 15 is 0 Å². The second-order valence-electron chi connectivity index (χ2n) is 6.51. The summed E-state index contributed by atoms with van der Waals surface area (Å²) in [6.45, 7) is 0.